The van der Waals surface area contributed by atoms with Gasteiger partial charge in [-0.1, -0.05) is 11.6 Å². The largest absolute Gasteiger partial charge is 0.377 e. The lowest BCUT2D eigenvalue weighted by molar-refractivity contribution is -0.923. The third-order valence-electron chi connectivity index (χ3n) is 2.85. The Balaban J connectivity index is 3.93. The second kappa shape index (κ2) is 5.79. The van der Waals surface area contributed by atoms with Crippen molar-refractivity contribution < 1.29 is 9.59 Å². The molecule has 0 aromatic heterocycles. The molecule has 0 aliphatic carbocycles. The molecule has 0 aromatic carbocycles. The molecule has 0 spiro atoms. The average molecular weight is 195 g/mol. The van der Waals surface area contributed by atoms with Crippen molar-refractivity contribution in [2.75, 3.05) is 26.2 Å². The molecule has 74 valence electrons. The number of alkyl halides is 1. The van der Waals surface area contributed by atoms with Crippen molar-refractivity contribution in [3.05, 3.63) is 0 Å². The molecular formula is C9H21ClNO+. The van der Waals surface area contributed by atoms with Gasteiger partial charge in [-0.3, -0.25) is 0 Å². The summed E-state index contributed by atoms with van der Waals surface area (Å²) in [6.45, 7) is 10.9. The molecule has 0 aromatic rings. The van der Waals surface area contributed by atoms with Gasteiger partial charge in [0.2, 0.25) is 0 Å². The van der Waals surface area contributed by atoms with Crippen LogP contribution < -0.4 is 0 Å². The lowest BCUT2D eigenvalue weighted by atomic mass is 10.3. The Morgan fingerprint density at radius 1 is 1.17 bits per heavy atom. The van der Waals surface area contributed by atoms with Gasteiger partial charge in [0, 0.05) is 6.42 Å². The van der Waals surface area contributed by atoms with Gasteiger partial charge >= 0.3 is 0 Å². The Kier molecular flexibility index (Phi) is 5.89. The summed E-state index contributed by atoms with van der Waals surface area (Å²) in [6, 6.07) is 0. The van der Waals surface area contributed by atoms with Crippen LogP contribution in [0.15, 0.2) is 0 Å². The smallest absolute Gasteiger partial charge is 0.133 e. The van der Waals surface area contributed by atoms with E-state index in [2.05, 4.69) is 20.8 Å². The van der Waals surface area contributed by atoms with Crippen LogP contribution >= 0.6 is 11.6 Å². The summed E-state index contributed by atoms with van der Waals surface area (Å²) in [5.41, 5.74) is -0.674. The number of hydrogen-bond acceptors (Lipinski definition) is 1. The van der Waals surface area contributed by atoms with Crippen LogP contribution in [0.25, 0.3) is 0 Å². The number of halogens is 1. The molecule has 0 saturated heterocycles. The first-order chi connectivity index (χ1) is 5.60. The minimum absolute atomic E-state index is 0.674. The van der Waals surface area contributed by atoms with Crippen LogP contribution in [-0.2, 0) is 0 Å². The molecule has 0 aliphatic heterocycles. The molecule has 0 fully saturated rings. The maximum Gasteiger partial charge on any atom is 0.133 e. The quantitative estimate of drug-likeness (QED) is 0.505. The molecule has 0 rings (SSSR count). The van der Waals surface area contributed by atoms with Crippen molar-refractivity contribution in [1.29, 1.82) is 0 Å². The first-order valence-corrected chi connectivity index (χ1v) is 5.21. The van der Waals surface area contributed by atoms with Crippen LogP contribution in [0.1, 0.15) is 27.2 Å². The van der Waals surface area contributed by atoms with Crippen molar-refractivity contribution in [2.24, 2.45) is 0 Å². The average Bonchev–Trinajstić information content (AvgIpc) is 2.08. The summed E-state index contributed by atoms with van der Waals surface area (Å²) in [5, 5.41) is 8.96. The van der Waals surface area contributed by atoms with Crippen LogP contribution in [0.2, 0.25) is 0 Å². The first kappa shape index (κ1) is 12.2. The van der Waals surface area contributed by atoms with Gasteiger partial charge in [0.05, 0.1) is 26.2 Å². The van der Waals surface area contributed by atoms with Crippen molar-refractivity contribution >= 4 is 11.6 Å². The van der Waals surface area contributed by atoms with Crippen molar-refractivity contribution in [2.45, 2.75) is 32.8 Å². The second-order valence-electron chi connectivity index (χ2n) is 3.24. The van der Waals surface area contributed by atoms with E-state index in [0.29, 0.717) is 6.42 Å². The molecule has 0 radical (unpaired) electrons. The maximum absolute atomic E-state index is 8.96. The Hall–Kier alpha value is 0.210. The summed E-state index contributed by atoms with van der Waals surface area (Å²) in [4.78, 5) is 0. The van der Waals surface area contributed by atoms with Crippen molar-refractivity contribution in [3.8, 4) is 0 Å². The number of aliphatic hydroxyl groups is 1. The minimum Gasteiger partial charge on any atom is -0.377 e. The summed E-state index contributed by atoms with van der Waals surface area (Å²) in [5.74, 6) is 0. The van der Waals surface area contributed by atoms with Crippen molar-refractivity contribution in [1.82, 2.24) is 0 Å². The Morgan fingerprint density at radius 2 is 1.58 bits per heavy atom. The van der Waals surface area contributed by atoms with E-state index in [0.717, 1.165) is 30.7 Å². The summed E-state index contributed by atoms with van der Waals surface area (Å²) in [7, 11) is 0. The van der Waals surface area contributed by atoms with Gasteiger partial charge in [0.15, 0.2) is 0 Å². The number of hydrogen-bond donors (Lipinski definition) is 1. The van der Waals surface area contributed by atoms with Gasteiger partial charge in [-0.05, 0) is 20.8 Å². The lowest BCUT2D eigenvalue weighted by Gasteiger charge is -2.36. The SMILES string of the molecule is CC[N+](CC)(CC)CCC(O)Cl. The van der Waals surface area contributed by atoms with Gasteiger partial charge in [-0.15, -0.1) is 0 Å². The predicted molar refractivity (Wildman–Crippen MR) is 53.2 cm³/mol. The fourth-order valence-electron chi connectivity index (χ4n) is 1.53. The van der Waals surface area contributed by atoms with Crippen LogP contribution in [0.3, 0.4) is 0 Å². The zero-order valence-corrected chi connectivity index (χ0v) is 9.14. The first-order valence-electron chi connectivity index (χ1n) is 4.77. The summed E-state index contributed by atoms with van der Waals surface area (Å²) in [6.07, 6.45) is 0.692. The van der Waals surface area contributed by atoms with Crippen LogP contribution in [0.4, 0.5) is 0 Å². The fourth-order valence-corrected chi connectivity index (χ4v) is 1.62. The van der Waals surface area contributed by atoms with E-state index in [1.54, 1.807) is 0 Å². The topological polar surface area (TPSA) is 20.2 Å². The van der Waals surface area contributed by atoms with Crippen LogP contribution in [0.5, 0.6) is 0 Å². The second-order valence-corrected chi connectivity index (χ2v) is 3.74. The molecule has 1 unspecified atom stereocenters. The third-order valence-corrected chi connectivity index (χ3v) is 3.07. The van der Waals surface area contributed by atoms with Crippen LogP contribution in [-0.4, -0.2) is 41.3 Å². The zero-order valence-electron chi connectivity index (χ0n) is 8.39. The highest BCUT2D eigenvalue weighted by atomic mass is 35.5. The molecule has 0 amide bonds. The van der Waals surface area contributed by atoms with Gasteiger partial charge in [-0.2, -0.15) is 0 Å². The van der Waals surface area contributed by atoms with E-state index in [4.69, 9.17) is 16.7 Å². The standard InChI is InChI=1S/C9H21ClNO/c1-4-11(5-2,6-3)8-7-9(10)12/h9,12H,4-8H2,1-3H3/q+1. The molecule has 1 atom stereocenters. The van der Waals surface area contributed by atoms with E-state index >= 15 is 0 Å². The lowest BCUT2D eigenvalue weighted by Crippen LogP contribution is -2.48. The third kappa shape index (κ3) is 3.74. The molecule has 3 heteroatoms. The van der Waals surface area contributed by atoms with E-state index in [1.807, 2.05) is 0 Å². The Bertz CT molecular complexity index is 105. The van der Waals surface area contributed by atoms with Gasteiger partial charge in [-0.25, -0.2) is 0 Å². The normalized spacial score (nSPS) is 14.8. The highest BCUT2D eigenvalue weighted by molar-refractivity contribution is 6.19. The highest BCUT2D eigenvalue weighted by Crippen LogP contribution is 2.09. The number of nitrogens with zero attached hydrogens (tertiary/aromatic N) is 1. The van der Waals surface area contributed by atoms with Crippen molar-refractivity contribution in [3.63, 3.8) is 0 Å². The van der Waals surface area contributed by atoms with E-state index in [-0.39, 0.29) is 0 Å². The minimum atomic E-state index is -0.674. The maximum atomic E-state index is 8.96. The molecule has 0 bridgehead atoms. The molecule has 1 N–H and O–H groups in total. The molecule has 2 nitrogen and oxygen atoms in total. The Labute approximate surface area is 80.7 Å². The highest BCUT2D eigenvalue weighted by Gasteiger charge is 2.20. The molecule has 0 aliphatic rings. The summed E-state index contributed by atoms with van der Waals surface area (Å²) < 4.78 is 1.06. The van der Waals surface area contributed by atoms with E-state index < -0.39 is 5.56 Å². The number of rotatable bonds is 6. The fraction of sp³-hybridized carbons (Fsp3) is 1.00. The van der Waals surface area contributed by atoms with Gasteiger partial charge in [0.25, 0.3) is 0 Å². The molecule has 12 heavy (non-hydrogen) atoms. The van der Waals surface area contributed by atoms with Crippen LogP contribution in [0, 0.1) is 0 Å². The molecular weight excluding hydrogens is 174 g/mol. The zero-order chi connectivity index (χ0) is 9.61. The number of aliphatic hydroxyl groups excluding tert-OH is 1. The van der Waals surface area contributed by atoms with E-state index in [1.165, 1.54) is 0 Å². The predicted octanol–water partition coefficient (Wildman–Crippen LogP) is 1.81. The van der Waals surface area contributed by atoms with E-state index in [9.17, 15) is 0 Å². The molecule has 0 heterocycles. The Morgan fingerprint density at radius 3 is 1.83 bits per heavy atom. The van der Waals surface area contributed by atoms with Gasteiger partial charge < -0.3 is 9.59 Å². The molecule has 0 saturated carbocycles. The summed E-state index contributed by atoms with van der Waals surface area (Å²) >= 11 is 5.50. The number of quaternary nitrogens is 1. The van der Waals surface area contributed by atoms with Gasteiger partial charge in [0.1, 0.15) is 5.56 Å². The monoisotopic (exact) mass is 194 g/mol.